The molecule has 0 aliphatic carbocycles. The molecule has 2 rings (SSSR count). The second kappa shape index (κ2) is 3.67. The second-order valence-corrected chi connectivity index (χ2v) is 3.42. The van der Waals surface area contributed by atoms with Gasteiger partial charge in [-0.2, -0.15) is 0 Å². The molecular weight excluding hydrogens is 168 g/mol. The van der Waals surface area contributed by atoms with E-state index in [9.17, 15) is 0 Å². The van der Waals surface area contributed by atoms with Crippen LogP contribution in [0.2, 0.25) is 0 Å². The first-order chi connectivity index (χ1) is 7.98. The van der Waals surface area contributed by atoms with Crippen LogP contribution in [0.5, 0.6) is 0 Å². The van der Waals surface area contributed by atoms with Crippen LogP contribution in [-0.4, -0.2) is 0 Å². The molecule has 2 aromatic carbocycles. The molecule has 0 radical (unpaired) electrons. The van der Waals surface area contributed by atoms with Gasteiger partial charge in [0.1, 0.15) is 0 Å². The molecule has 0 aromatic heterocycles. The minimum absolute atomic E-state index is 0.420. The Hall–Kier alpha value is -1.56. The third-order valence-corrected chi connectivity index (χ3v) is 2.26. The summed E-state index contributed by atoms with van der Waals surface area (Å²) in [7, 11) is 0. The van der Waals surface area contributed by atoms with E-state index in [-0.39, 0.29) is 0 Å². The fourth-order valence-electron chi connectivity index (χ4n) is 1.53. The van der Waals surface area contributed by atoms with Crippen LogP contribution >= 0.6 is 0 Å². The quantitative estimate of drug-likeness (QED) is 0.630. The molecule has 0 saturated heterocycles. The maximum Gasteiger partial charge on any atom is 0.0280 e. The summed E-state index contributed by atoms with van der Waals surface area (Å²) >= 11 is 0. The maximum absolute atomic E-state index is 7.59. The Morgan fingerprint density at radius 1 is 1.00 bits per heavy atom. The Morgan fingerprint density at radius 2 is 1.79 bits per heavy atom. The van der Waals surface area contributed by atoms with Gasteiger partial charge in [0, 0.05) is 4.11 Å². The number of benzene rings is 2. The van der Waals surface area contributed by atoms with Crippen LogP contribution in [0.4, 0.5) is 0 Å². The summed E-state index contributed by atoms with van der Waals surface area (Å²) in [5, 5.41) is 0. The van der Waals surface area contributed by atoms with Crippen LogP contribution in [0.3, 0.4) is 0 Å². The summed E-state index contributed by atoms with van der Waals surface area (Å²) in [6.07, 6.45) is 0. The van der Waals surface area contributed by atoms with Gasteiger partial charge in [-0.05, 0) is 30.5 Å². The molecule has 0 nitrogen and oxygen atoms in total. The van der Waals surface area contributed by atoms with Crippen molar-refractivity contribution in [2.75, 3.05) is 0 Å². The number of hydrogen-bond donors (Lipinski definition) is 0. The topological polar surface area (TPSA) is 0 Å². The lowest BCUT2D eigenvalue weighted by Gasteiger charge is -2.06. The van der Waals surface area contributed by atoms with E-state index >= 15 is 0 Å². The van der Waals surface area contributed by atoms with Gasteiger partial charge in [0.25, 0.3) is 0 Å². The molecule has 0 amide bonds. The van der Waals surface area contributed by atoms with Crippen molar-refractivity contribution in [2.24, 2.45) is 0 Å². The van der Waals surface area contributed by atoms with Crippen molar-refractivity contribution in [3.05, 3.63) is 59.7 Å². The monoisotopic (exact) mass is 185 g/mol. The molecule has 0 aliphatic heterocycles. The lowest BCUT2D eigenvalue weighted by molar-refractivity contribution is 1.38. The minimum Gasteiger partial charge on any atom is -0.0622 e. The van der Waals surface area contributed by atoms with E-state index in [2.05, 4.69) is 0 Å². The Balaban J connectivity index is 2.63. The van der Waals surface area contributed by atoms with Crippen LogP contribution in [0.25, 0.3) is 11.1 Å². The Bertz CT molecular complexity index is 513. The third kappa shape index (κ3) is 1.69. The van der Waals surface area contributed by atoms with E-state index in [0.717, 1.165) is 16.7 Å². The standard InChI is InChI=1S/C14H14/c1-11-8-9-14(12(2)10-11)13-6-4-3-5-7-13/h3-10H,1-2H3/i2D3. The predicted molar refractivity (Wildman–Crippen MR) is 61.4 cm³/mol. The molecule has 14 heavy (non-hydrogen) atoms. The van der Waals surface area contributed by atoms with Gasteiger partial charge >= 0.3 is 0 Å². The first-order valence-corrected chi connectivity index (χ1v) is 4.65. The van der Waals surface area contributed by atoms with Gasteiger partial charge < -0.3 is 0 Å². The summed E-state index contributed by atoms with van der Waals surface area (Å²) in [5.41, 5.74) is 3.12. The molecule has 0 atom stereocenters. The molecule has 0 bridgehead atoms. The van der Waals surface area contributed by atoms with Crippen molar-refractivity contribution in [1.29, 1.82) is 0 Å². The fraction of sp³-hybridized carbons (Fsp3) is 0.143. The second-order valence-electron chi connectivity index (χ2n) is 3.42. The average Bonchev–Trinajstić information content (AvgIpc) is 2.29. The largest absolute Gasteiger partial charge is 0.0622 e. The molecule has 2 aromatic rings. The highest BCUT2D eigenvalue weighted by Gasteiger charge is 1.99. The molecule has 0 spiro atoms. The van der Waals surface area contributed by atoms with Gasteiger partial charge in [-0.3, -0.25) is 0 Å². The first kappa shape index (κ1) is 6.02. The van der Waals surface area contributed by atoms with E-state index < -0.39 is 6.85 Å². The van der Waals surface area contributed by atoms with E-state index in [1.54, 1.807) is 6.07 Å². The highest BCUT2D eigenvalue weighted by molar-refractivity contribution is 5.67. The van der Waals surface area contributed by atoms with Crippen LogP contribution in [0.1, 0.15) is 15.2 Å². The molecule has 0 heterocycles. The Labute approximate surface area is 89.4 Å². The summed E-state index contributed by atoms with van der Waals surface area (Å²) in [4.78, 5) is 0. The van der Waals surface area contributed by atoms with Gasteiger partial charge in [-0.15, -0.1) is 0 Å². The molecule has 0 saturated carbocycles. The van der Waals surface area contributed by atoms with Gasteiger partial charge in [0.2, 0.25) is 0 Å². The summed E-state index contributed by atoms with van der Waals surface area (Å²) in [5.74, 6) is 0. The van der Waals surface area contributed by atoms with Crippen LogP contribution in [-0.2, 0) is 0 Å². The van der Waals surface area contributed by atoms with E-state index in [1.165, 1.54) is 0 Å². The van der Waals surface area contributed by atoms with Gasteiger partial charge in [0.05, 0.1) is 0 Å². The zero-order valence-electron chi connectivity index (χ0n) is 11.1. The van der Waals surface area contributed by atoms with Gasteiger partial charge in [-0.1, -0.05) is 54.1 Å². The van der Waals surface area contributed by atoms with Gasteiger partial charge in [-0.25, -0.2) is 0 Å². The van der Waals surface area contributed by atoms with E-state index in [0.29, 0.717) is 5.56 Å². The predicted octanol–water partition coefficient (Wildman–Crippen LogP) is 3.97. The molecular formula is C14H14. The van der Waals surface area contributed by atoms with Crippen molar-refractivity contribution >= 4 is 0 Å². The molecule has 0 fully saturated rings. The zero-order chi connectivity index (χ0) is 12.5. The van der Waals surface area contributed by atoms with E-state index in [1.807, 2.05) is 49.4 Å². The molecule has 0 N–H and O–H groups in total. The lowest BCUT2D eigenvalue weighted by Crippen LogP contribution is -1.83. The van der Waals surface area contributed by atoms with Crippen molar-refractivity contribution in [3.63, 3.8) is 0 Å². The Morgan fingerprint density at radius 3 is 2.50 bits per heavy atom. The number of hydrogen-bond acceptors (Lipinski definition) is 0. The zero-order valence-corrected chi connectivity index (χ0v) is 8.12. The normalized spacial score (nSPS) is 14.2. The maximum atomic E-state index is 7.59. The SMILES string of the molecule is [2H]C([2H])([2H])c1cc(C)ccc1-c1ccccc1. The van der Waals surface area contributed by atoms with Crippen molar-refractivity contribution < 1.29 is 4.11 Å². The Kier molecular flexibility index (Phi) is 1.58. The lowest BCUT2D eigenvalue weighted by atomic mass is 9.99. The minimum atomic E-state index is -2.07. The highest BCUT2D eigenvalue weighted by Crippen LogP contribution is 2.23. The van der Waals surface area contributed by atoms with Crippen LogP contribution < -0.4 is 0 Å². The smallest absolute Gasteiger partial charge is 0.0280 e. The summed E-state index contributed by atoms with van der Waals surface area (Å²) in [6, 6.07) is 15.2. The van der Waals surface area contributed by atoms with Gasteiger partial charge in [0.15, 0.2) is 0 Å². The van der Waals surface area contributed by atoms with Crippen molar-refractivity contribution in [1.82, 2.24) is 0 Å². The summed E-state index contributed by atoms with van der Waals surface area (Å²) < 4.78 is 22.8. The molecule has 70 valence electrons. The highest BCUT2D eigenvalue weighted by atomic mass is 14.0. The number of rotatable bonds is 1. The van der Waals surface area contributed by atoms with Crippen molar-refractivity contribution in [2.45, 2.75) is 13.8 Å². The molecule has 0 unspecified atom stereocenters. The summed E-state index contributed by atoms with van der Waals surface area (Å²) in [6.45, 7) is -0.165. The van der Waals surface area contributed by atoms with E-state index in [4.69, 9.17) is 4.11 Å². The fourth-order valence-corrected chi connectivity index (χ4v) is 1.53. The first-order valence-electron chi connectivity index (χ1n) is 6.15. The van der Waals surface area contributed by atoms with Crippen LogP contribution in [0.15, 0.2) is 48.5 Å². The van der Waals surface area contributed by atoms with Crippen molar-refractivity contribution in [3.8, 4) is 11.1 Å². The molecule has 0 heteroatoms. The number of aryl methyl sites for hydroxylation is 2. The third-order valence-electron chi connectivity index (χ3n) is 2.26. The molecule has 0 aliphatic rings. The average molecular weight is 185 g/mol. The van der Waals surface area contributed by atoms with Crippen LogP contribution in [0, 0.1) is 13.8 Å².